The first-order valence-corrected chi connectivity index (χ1v) is 7.70. The minimum atomic E-state index is 0.218. The summed E-state index contributed by atoms with van der Waals surface area (Å²) >= 11 is 0. The van der Waals surface area contributed by atoms with E-state index in [9.17, 15) is 0 Å². The van der Waals surface area contributed by atoms with E-state index in [-0.39, 0.29) is 5.54 Å². The van der Waals surface area contributed by atoms with Crippen molar-refractivity contribution in [3.05, 3.63) is 35.1 Å². The van der Waals surface area contributed by atoms with Crippen LogP contribution in [0.4, 0.5) is 0 Å². The van der Waals surface area contributed by atoms with E-state index in [0.29, 0.717) is 12.0 Å². The molecule has 2 fully saturated rings. The van der Waals surface area contributed by atoms with Crippen molar-refractivity contribution in [1.82, 2.24) is 10.6 Å². The van der Waals surface area contributed by atoms with Gasteiger partial charge in [-0.25, -0.2) is 0 Å². The highest BCUT2D eigenvalue weighted by molar-refractivity contribution is 5.46. The van der Waals surface area contributed by atoms with Gasteiger partial charge in [0.15, 0.2) is 0 Å². The maximum atomic E-state index is 3.85. The number of fused-ring (bicyclic) bond motifs is 2. The van der Waals surface area contributed by atoms with Crippen LogP contribution in [-0.2, 0) is 0 Å². The van der Waals surface area contributed by atoms with Crippen molar-refractivity contribution >= 4 is 0 Å². The molecule has 0 aromatic carbocycles. The van der Waals surface area contributed by atoms with E-state index in [4.69, 9.17) is 0 Å². The van der Waals surface area contributed by atoms with Crippen LogP contribution in [0.3, 0.4) is 0 Å². The molecule has 19 heavy (non-hydrogen) atoms. The zero-order valence-electron chi connectivity index (χ0n) is 12.2. The maximum absolute atomic E-state index is 3.85. The molecule has 4 bridgehead atoms. The van der Waals surface area contributed by atoms with Crippen LogP contribution in [0, 0.1) is 17.8 Å². The fourth-order valence-electron chi connectivity index (χ4n) is 4.68. The Morgan fingerprint density at radius 2 is 2.16 bits per heavy atom. The Morgan fingerprint density at radius 3 is 3.00 bits per heavy atom. The number of hydrogen-bond donors (Lipinski definition) is 2. The molecule has 0 spiro atoms. The normalized spacial score (nSPS) is 47.4. The third kappa shape index (κ3) is 1.53. The second kappa shape index (κ2) is 3.76. The molecule has 2 aliphatic heterocycles. The second-order valence-corrected chi connectivity index (χ2v) is 7.16. The molecule has 2 heteroatoms. The van der Waals surface area contributed by atoms with E-state index in [1.54, 1.807) is 5.57 Å². The predicted octanol–water partition coefficient (Wildman–Crippen LogP) is 2.75. The predicted molar refractivity (Wildman–Crippen MR) is 78.6 cm³/mol. The molecule has 0 aromatic heterocycles. The summed E-state index contributed by atoms with van der Waals surface area (Å²) in [5.74, 6) is 2.14. The van der Waals surface area contributed by atoms with E-state index >= 15 is 0 Å². The van der Waals surface area contributed by atoms with E-state index in [1.165, 1.54) is 24.1 Å². The zero-order valence-corrected chi connectivity index (χ0v) is 12.2. The first-order chi connectivity index (χ1) is 9.08. The summed E-state index contributed by atoms with van der Waals surface area (Å²) in [7, 11) is 0. The van der Waals surface area contributed by atoms with Crippen molar-refractivity contribution in [1.29, 1.82) is 0 Å². The van der Waals surface area contributed by atoms with Crippen molar-refractivity contribution in [3.8, 4) is 0 Å². The molecular formula is C17H24N2. The number of rotatable bonds is 0. The summed E-state index contributed by atoms with van der Waals surface area (Å²) in [5, 5.41) is 7.66. The Labute approximate surface area is 116 Å². The molecule has 1 saturated carbocycles. The van der Waals surface area contributed by atoms with Crippen LogP contribution in [-0.4, -0.2) is 18.1 Å². The van der Waals surface area contributed by atoms with Crippen molar-refractivity contribution in [3.63, 3.8) is 0 Å². The van der Waals surface area contributed by atoms with Crippen LogP contribution >= 0.6 is 0 Å². The summed E-state index contributed by atoms with van der Waals surface area (Å²) in [6.45, 7) is 8.29. The van der Waals surface area contributed by atoms with E-state index in [0.717, 1.165) is 18.4 Å². The van der Waals surface area contributed by atoms with Crippen LogP contribution in [0.1, 0.15) is 33.6 Å². The van der Waals surface area contributed by atoms with Gasteiger partial charge in [0.2, 0.25) is 0 Å². The van der Waals surface area contributed by atoms with Gasteiger partial charge in [0, 0.05) is 29.7 Å². The molecule has 1 saturated heterocycles. The van der Waals surface area contributed by atoms with Crippen LogP contribution in [0.25, 0.3) is 0 Å². The van der Waals surface area contributed by atoms with Gasteiger partial charge in [0.05, 0.1) is 0 Å². The van der Waals surface area contributed by atoms with Gasteiger partial charge < -0.3 is 10.6 Å². The van der Waals surface area contributed by atoms with Gasteiger partial charge in [0.1, 0.15) is 0 Å². The Bertz CT molecular complexity index is 513. The largest absolute Gasteiger partial charge is 0.385 e. The Hall–Kier alpha value is -1.02. The summed E-state index contributed by atoms with van der Waals surface area (Å²) in [4.78, 5) is 0. The van der Waals surface area contributed by atoms with E-state index < -0.39 is 0 Å². The van der Waals surface area contributed by atoms with Crippen LogP contribution < -0.4 is 10.6 Å². The van der Waals surface area contributed by atoms with Crippen LogP contribution in [0.5, 0.6) is 0 Å². The van der Waals surface area contributed by atoms with Gasteiger partial charge >= 0.3 is 0 Å². The molecule has 2 aliphatic carbocycles. The van der Waals surface area contributed by atoms with Crippen molar-refractivity contribution < 1.29 is 0 Å². The van der Waals surface area contributed by atoms with Crippen molar-refractivity contribution in [2.24, 2.45) is 17.8 Å². The standard InChI is InChI=1S/C17H24N2/c1-10-14-7-13-9-17(3)11(2)16(10)19-15(14)8-12(13)5-4-6-18-17/h4-5,8,10-11,14,16,18-19H,6-7,9H2,1-3H3. The van der Waals surface area contributed by atoms with Gasteiger partial charge in [-0.15, -0.1) is 0 Å². The minimum absolute atomic E-state index is 0.218. The molecule has 2 nitrogen and oxygen atoms in total. The smallest absolute Gasteiger partial charge is 0.0333 e. The quantitative estimate of drug-likeness (QED) is 0.696. The van der Waals surface area contributed by atoms with Crippen molar-refractivity contribution in [2.75, 3.05) is 6.54 Å². The van der Waals surface area contributed by atoms with Gasteiger partial charge in [-0.2, -0.15) is 0 Å². The van der Waals surface area contributed by atoms with Crippen molar-refractivity contribution in [2.45, 2.75) is 45.2 Å². The highest BCUT2D eigenvalue weighted by Gasteiger charge is 2.49. The minimum Gasteiger partial charge on any atom is -0.385 e. The molecule has 2 heterocycles. The lowest BCUT2D eigenvalue weighted by molar-refractivity contribution is 0.164. The number of hydrogen-bond acceptors (Lipinski definition) is 2. The fraction of sp³-hybridized carbons (Fsp3) is 0.647. The topological polar surface area (TPSA) is 24.1 Å². The summed E-state index contributed by atoms with van der Waals surface area (Å²) in [6, 6.07) is 0.618. The number of nitrogens with one attached hydrogen (secondary N) is 2. The lowest BCUT2D eigenvalue weighted by Gasteiger charge is -2.44. The molecule has 2 N–H and O–H groups in total. The van der Waals surface area contributed by atoms with Gasteiger partial charge in [-0.1, -0.05) is 31.6 Å². The first-order valence-electron chi connectivity index (χ1n) is 7.70. The maximum Gasteiger partial charge on any atom is 0.0333 e. The molecular weight excluding hydrogens is 232 g/mol. The molecule has 5 atom stereocenters. The monoisotopic (exact) mass is 256 g/mol. The van der Waals surface area contributed by atoms with Gasteiger partial charge in [0.25, 0.3) is 0 Å². The summed E-state index contributed by atoms with van der Waals surface area (Å²) in [6.07, 6.45) is 9.51. The van der Waals surface area contributed by atoms with Crippen LogP contribution in [0.15, 0.2) is 35.1 Å². The average molecular weight is 256 g/mol. The Balaban J connectivity index is 1.91. The third-order valence-electron chi connectivity index (χ3n) is 6.16. The van der Waals surface area contributed by atoms with E-state index in [2.05, 4.69) is 49.6 Å². The molecule has 0 amide bonds. The molecule has 4 aliphatic rings. The van der Waals surface area contributed by atoms with E-state index in [1.807, 2.05) is 0 Å². The lowest BCUT2D eigenvalue weighted by Crippen LogP contribution is -2.55. The summed E-state index contributed by atoms with van der Waals surface area (Å²) in [5.41, 5.74) is 4.86. The molecule has 102 valence electrons. The Morgan fingerprint density at radius 1 is 1.32 bits per heavy atom. The van der Waals surface area contributed by atoms with Gasteiger partial charge in [-0.05, 0) is 43.3 Å². The molecule has 5 unspecified atom stereocenters. The fourth-order valence-corrected chi connectivity index (χ4v) is 4.68. The molecule has 0 radical (unpaired) electrons. The number of allylic oxidation sites excluding steroid dienone is 4. The highest BCUT2D eigenvalue weighted by atomic mass is 15.1. The SMILES string of the molecule is CC1C2CC3=C4C=CCNC(C)(C3)C(C)C1NC2=C4. The van der Waals surface area contributed by atoms with Gasteiger partial charge in [-0.3, -0.25) is 0 Å². The average Bonchev–Trinajstić information content (AvgIpc) is 2.70. The first kappa shape index (κ1) is 11.8. The zero-order chi connectivity index (χ0) is 13.2. The van der Waals surface area contributed by atoms with Crippen LogP contribution in [0.2, 0.25) is 0 Å². The third-order valence-corrected chi connectivity index (χ3v) is 6.16. The second-order valence-electron chi connectivity index (χ2n) is 7.16. The Kier molecular flexibility index (Phi) is 2.33. The summed E-state index contributed by atoms with van der Waals surface area (Å²) < 4.78 is 0. The lowest BCUT2D eigenvalue weighted by atomic mass is 9.66. The highest BCUT2D eigenvalue weighted by Crippen LogP contribution is 2.49. The molecule has 0 aromatic rings. The molecule has 4 rings (SSSR count).